The van der Waals surface area contributed by atoms with Gasteiger partial charge in [-0.1, -0.05) is 23.5 Å². The van der Waals surface area contributed by atoms with Gasteiger partial charge in [0, 0.05) is 12.0 Å². The van der Waals surface area contributed by atoms with Crippen LogP contribution in [0.1, 0.15) is 34.7 Å². The number of nitrogens with zero attached hydrogens (tertiary/aromatic N) is 3. The van der Waals surface area contributed by atoms with Gasteiger partial charge < -0.3 is 9.84 Å². The van der Waals surface area contributed by atoms with E-state index in [0.717, 1.165) is 22.6 Å². The minimum Gasteiger partial charge on any atom is -0.507 e. The molecule has 0 saturated carbocycles. The van der Waals surface area contributed by atoms with Crippen molar-refractivity contribution >= 4 is 33.9 Å². The Morgan fingerprint density at radius 2 is 1.94 bits per heavy atom. The average molecular weight is 451 g/mol. The summed E-state index contributed by atoms with van der Waals surface area (Å²) in [6, 6.07) is 9.64. The molecule has 162 valence electrons. The third-order valence-corrected chi connectivity index (χ3v) is 6.36. The summed E-state index contributed by atoms with van der Waals surface area (Å²) in [6.45, 7) is 3.68. The fraction of sp³-hybridized carbons (Fsp3) is 0.217. The highest BCUT2D eigenvalue weighted by atomic mass is 32.1. The molecule has 1 fully saturated rings. The van der Waals surface area contributed by atoms with Crippen LogP contribution in [0.2, 0.25) is 0 Å². The molecule has 1 N–H and O–H groups in total. The predicted octanol–water partition coefficient (Wildman–Crippen LogP) is 3.94. The van der Waals surface area contributed by atoms with E-state index in [1.807, 2.05) is 6.92 Å². The van der Waals surface area contributed by atoms with Crippen LogP contribution in [-0.2, 0) is 16.0 Å². The van der Waals surface area contributed by atoms with Gasteiger partial charge in [0.25, 0.3) is 5.78 Å². The molecule has 9 heteroatoms. The first-order valence-electron chi connectivity index (χ1n) is 10.00. The standard InChI is InChI=1S/C23H18FN3O4S/c1-11-9-15-10-14(5-8-17(15)31-11)20(28)18-19(13-3-6-16(24)7-4-13)27(22(30)21(18)29)23-26-25-12(2)32-23/h3-8,10-11,19,28H,9H2,1-2H3/b20-18+. The number of rotatable bonds is 3. The Morgan fingerprint density at radius 3 is 2.62 bits per heavy atom. The fourth-order valence-corrected chi connectivity index (χ4v) is 4.81. The molecule has 2 atom stereocenters. The van der Waals surface area contributed by atoms with Crippen molar-refractivity contribution in [3.05, 3.63) is 75.6 Å². The molecule has 1 aromatic heterocycles. The summed E-state index contributed by atoms with van der Waals surface area (Å²) in [4.78, 5) is 27.3. The van der Waals surface area contributed by atoms with Crippen LogP contribution >= 0.6 is 11.3 Å². The lowest BCUT2D eigenvalue weighted by Crippen LogP contribution is -2.29. The van der Waals surface area contributed by atoms with Crippen molar-refractivity contribution in [2.45, 2.75) is 32.4 Å². The van der Waals surface area contributed by atoms with Gasteiger partial charge in [-0.05, 0) is 55.3 Å². The molecule has 2 aliphatic rings. The molecule has 32 heavy (non-hydrogen) atoms. The number of halogens is 1. The van der Waals surface area contributed by atoms with Crippen molar-refractivity contribution in [3.63, 3.8) is 0 Å². The number of benzene rings is 2. The molecule has 0 aliphatic carbocycles. The summed E-state index contributed by atoms with van der Waals surface area (Å²) < 4.78 is 19.3. The molecule has 5 rings (SSSR count). The number of aliphatic hydroxyl groups is 1. The number of carbonyl (C=O) groups is 2. The SMILES string of the molecule is Cc1nnc(N2C(=O)C(=O)/C(=C(/O)c3ccc4c(c3)CC(C)O4)C2c2ccc(F)cc2)s1. The summed E-state index contributed by atoms with van der Waals surface area (Å²) >= 11 is 1.15. The van der Waals surface area contributed by atoms with Gasteiger partial charge in [-0.15, -0.1) is 10.2 Å². The maximum atomic E-state index is 13.6. The van der Waals surface area contributed by atoms with Crippen molar-refractivity contribution in [2.24, 2.45) is 0 Å². The Kier molecular flexibility index (Phi) is 4.78. The van der Waals surface area contributed by atoms with E-state index >= 15 is 0 Å². The number of hydrogen-bond donors (Lipinski definition) is 1. The third kappa shape index (κ3) is 3.25. The monoisotopic (exact) mass is 451 g/mol. The lowest BCUT2D eigenvalue weighted by atomic mass is 9.94. The molecule has 0 bridgehead atoms. The van der Waals surface area contributed by atoms with Gasteiger partial charge in [-0.25, -0.2) is 4.39 Å². The molecule has 0 radical (unpaired) electrons. The summed E-state index contributed by atoms with van der Waals surface area (Å²) in [5, 5.41) is 20.0. The van der Waals surface area contributed by atoms with Crippen LogP contribution < -0.4 is 9.64 Å². The number of aromatic nitrogens is 2. The molecule has 2 aliphatic heterocycles. The van der Waals surface area contributed by atoms with Crippen LogP contribution in [0.25, 0.3) is 5.76 Å². The van der Waals surface area contributed by atoms with Crippen LogP contribution in [-0.4, -0.2) is 33.1 Å². The molecule has 1 saturated heterocycles. The zero-order chi connectivity index (χ0) is 22.6. The molecule has 2 aromatic carbocycles. The number of aryl methyl sites for hydroxylation is 1. The fourth-order valence-electron chi connectivity index (χ4n) is 4.10. The molecule has 0 spiro atoms. The quantitative estimate of drug-likeness (QED) is 0.368. The van der Waals surface area contributed by atoms with Gasteiger partial charge in [0.05, 0.1) is 11.6 Å². The van der Waals surface area contributed by atoms with E-state index in [0.29, 0.717) is 22.6 Å². The van der Waals surface area contributed by atoms with E-state index in [1.54, 1.807) is 25.1 Å². The average Bonchev–Trinajstić information content (AvgIpc) is 3.43. The van der Waals surface area contributed by atoms with Crippen LogP contribution in [0, 0.1) is 12.7 Å². The number of ketones is 1. The largest absolute Gasteiger partial charge is 0.507 e. The second-order valence-corrected chi connectivity index (χ2v) is 8.94. The summed E-state index contributed by atoms with van der Waals surface area (Å²) in [5.74, 6) is -1.69. The first-order chi connectivity index (χ1) is 15.3. The summed E-state index contributed by atoms with van der Waals surface area (Å²) in [6.07, 6.45) is 0.698. The second kappa shape index (κ2) is 7.52. The van der Waals surface area contributed by atoms with Crippen LogP contribution in [0.4, 0.5) is 9.52 Å². The van der Waals surface area contributed by atoms with Crippen LogP contribution in [0.5, 0.6) is 5.75 Å². The number of fused-ring (bicyclic) bond motifs is 1. The van der Waals surface area contributed by atoms with Crippen molar-refractivity contribution in [1.82, 2.24) is 10.2 Å². The highest BCUT2D eigenvalue weighted by Crippen LogP contribution is 2.43. The first kappa shape index (κ1) is 20.3. The molecule has 3 aromatic rings. The number of amides is 1. The Hall–Kier alpha value is -3.59. The number of hydrogen-bond acceptors (Lipinski definition) is 7. The predicted molar refractivity (Wildman–Crippen MR) is 116 cm³/mol. The number of ether oxygens (including phenoxy) is 1. The molecular weight excluding hydrogens is 433 g/mol. The maximum absolute atomic E-state index is 13.6. The van der Waals surface area contributed by atoms with E-state index in [-0.39, 0.29) is 22.6 Å². The van der Waals surface area contributed by atoms with E-state index in [1.165, 1.54) is 29.2 Å². The van der Waals surface area contributed by atoms with E-state index in [2.05, 4.69) is 10.2 Å². The molecule has 2 unspecified atom stereocenters. The zero-order valence-electron chi connectivity index (χ0n) is 17.2. The molecular formula is C23H18FN3O4S. The highest BCUT2D eigenvalue weighted by Gasteiger charge is 2.48. The van der Waals surface area contributed by atoms with Gasteiger partial charge in [0.1, 0.15) is 28.4 Å². The summed E-state index contributed by atoms with van der Waals surface area (Å²) in [5.41, 5.74) is 1.70. The smallest absolute Gasteiger partial charge is 0.301 e. The Balaban J connectivity index is 1.68. The Bertz CT molecular complexity index is 1280. The van der Waals surface area contributed by atoms with E-state index < -0.39 is 23.5 Å². The van der Waals surface area contributed by atoms with E-state index in [4.69, 9.17) is 4.74 Å². The number of Topliss-reactive ketones (excluding diaryl/α,β-unsaturated/α-hetero) is 1. The molecule has 7 nitrogen and oxygen atoms in total. The van der Waals surface area contributed by atoms with Gasteiger partial charge in [0.2, 0.25) is 5.13 Å². The van der Waals surface area contributed by atoms with Crippen molar-refractivity contribution in [2.75, 3.05) is 4.90 Å². The molecule has 3 heterocycles. The van der Waals surface area contributed by atoms with Gasteiger partial charge in [-0.3, -0.25) is 14.5 Å². The molecule has 1 amide bonds. The Morgan fingerprint density at radius 1 is 1.19 bits per heavy atom. The Labute approximate surface area is 186 Å². The van der Waals surface area contributed by atoms with Crippen molar-refractivity contribution < 1.29 is 23.8 Å². The normalized spacial score (nSPS) is 21.7. The topological polar surface area (TPSA) is 92.6 Å². The first-order valence-corrected chi connectivity index (χ1v) is 10.8. The van der Waals surface area contributed by atoms with E-state index in [9.17, 15) is 19.1 Å². The lowest BCUT2D eigenvalue weighted by molar-refractivity contribution is -0.132. The number of aliphatic hydroxyl groups excluding tert-OH is 1. The minimum atomic E-state index is -0.966. The lowest BCUT2D eigenvalue weighted by Gasteiger charge is -2.22. The van der Waals surface area contributed by atoms with Crippen LogP contribution in [0.3, 0.4) is 0 Å². The maximum Gasteiger partial charge on any atom is 0.301 e. The van der Waals surface area contributed by atoms with Gasteiger partial charge >= 0.3 is 5.91 Å². The number of anilines is 1. The van der Waals surface area contributed by atoms with Crippen molar-refractivity contribution in [3.8, 4) is 5.75 Å². The number of carbonyl (C=O) groups excluding carboxylic acids is 2. The van der Waals surface area contributed by atoms with Crippen LogP contribution in [0.15, 0.2) is 48.0 Å². The van der Waals surface area contributed by atoms with Crippen molar-refractivity contribution in [1.29, 1.82) is 0 Å². The second-order valence-electron chi connectivity index (χ2n) is 7.78. The van der Waals surface area contributed by atoms with Gasteiger partial charge in [-0.2, -0.15) is 0 Å². The third-order valence-electron chi connectivity index (χ3n) is 5.52. The zero-order valence-corrected chi connectivity index (χ0v) is 18.0. The highest BCUT2D eigenvalue weighted by molar-refractivity contribution is 7.15. The van der Waals surface area contributed by atoms with Gasteiger partial charge in [0.15, 0.2) is 0 Å². The minimum absolute atomic E-state index is 0.0211. The summed E-state index contributed by atoms with van der Waals surface area (Å²) in [7, 11) is 0.